The van der Waals surface area contributed by atoms with E-state index < -0.39 is 18.2 Å². The normalized spacial score (nSPS) is 35.1. The molecule has 1 heterocycles. The van der Waals surface area contributed by atoms with Crippen LogP contribution in [0.15, 0.2) is 0 Å². The summed E-state index contributed by atoms with van der Waals surface area (Å²) in [4.78, 5) is 24.9. The molecule has 1 amide bonds. The van der Waals surface area contributed by atoms with E-state index in [0.29, 0.717) is 18.8 Å². The number of nitrogens with zero attached hydrogens (tertiary/aromatic N) is 1. The first kappa shape index (κ1) is 14.3. The van der Waals surface area contributed by atoms with Crippen molar-refractivity contribution >= 4 is 11.9 Å². The number of ether oxygens (including phenoxy) is 1. The minimum atomic E-state index is -0.968. The monoisotopic (exact) mass is 269 g/mol. The van der Waals surface area contributed by atoms with Gasteiger partial charge in [-0.05, 0) is 31.6 Å². The first-order valence-corrected chi connectivity index (χ1v) is 7.14. The highest BCUT2D eigenvalue weighted by Crippen LogP contribution is 2.29. The van der Waals surface area contributed by atoms with Gasteiger partial charge in [0.05, 0.1) is 0 Å². The van der Waals surface area contributed by atoms with Gasteiger partial charge in [-0.25, -0.2) is 4.79 Å². The molecule has 2 aliphatic rings. The Hall–Kier alpha value is -1.10. The Morgan fingerprint density at radius 2 is 1.84 bits per heavy atom. The lowest BCUT2D eigenvalue weighted by Crippen LogP contribution is -2.45. The van der Waals surface area contributed by atoms with Gasteiger partial charge in [-0.2, -0.15) is 0 Å². The molecule has 1 aliphatic heterocycles. The van der Waals surface area contributed by atoms with Gasteiger partial charge in [-0.1, -0.05) is 19.8 Å². The van der Waals surface area contributed by atoms with E-state index in [4.69, 9.17) is 9.84 Å². The van der Waals surface area contributed by atoms with Gasteiger partial charge in [0.1, 0.15) is 6.10 Å². The molecule has 2 rings (SSSR count). The largest absolute Gasteiger partial charge is 0.479 e. The van der Waals surface area contributed by atoms with Gasteiger partial charge in [0.25, 0.3) is 5.91 Å². The van der Waals surface area contributed by atoms with Crippen LogP contribution in [0.1, 0.15) is 45.4 Å². The highest BCUT2D eigenvalue weighted by Gasteiger charge is 2.37. The van der Waals surface area contributed by atoms with E-state index in [-0.39, 0.29) is 11.9 Å². The van der Waals surface area contributed by atoms with Crippen molar-refractivity contribution in [3.8, 4) is 0 Å². The van der Waals surface area contributed by atoms with Crippen LogP contribution in [0.25, 0.3) is 0 Å². The molecular formula is C14H23NO4. The van der Waals surface area contributed by atoms with Crippen LogP contribution in [0.3, 0.4) is 0 Å². The van der Waals surface area contributed by atoms with Gasteiger partial charge in [0, 0.05) is 13.1 Å². The van der Waals surface area contributed by atoms with Crippen molar-refractivity contribution in [1.82, 2.24) is 4.90 Å². The molecule has 1 saturated carbocycles. The van der Waals surface area contributed by atoms with Crippen LogP contribution in [-0.2, 0) is 14.3 Å². The fourth-order valence-electron chi connectivity index (χ4n) is 3.16. The second-order valence-corrected chi connectivity index (χ2v) is 5.90. The summed E-state index contributed by atoms with van der Waals surface area (Å²) in [6.45, 7) is 2.22. The van der Waals surface area contributed by atoms with Gasteiger partial charge < -0.3 is 14.7 Å². The Bertz CT molecular complexity index is 357. The maximum absolute atomic E-state index is 12.3. The minimum absolute atomic E-state index is 0.0529. The molecule has 0 spiro atoms. The number of carbonyl (C=O) groups excluding carboxylic acids is 1. The quantitative estimate of drug-likeness (QED) is 0.846. The lowest BCUT2D eigenvalue weighted by molar-refractivity contribution is -0.155. The minimum Gasteiger partial charge on any atom is -0.479 e. The van der Waals surface area contributed by atoms with Crippen LogP contribution in [0.4, 0.5) is 0 Å². The van der Waals surface area contributed by atoms with Crippen molar-refractivity contribution in [2.45, 2.75) is 63.7 Å². The molecule has 1 N–H and O–H groups in total. The Morgan fingerprint density at radius 3 is 2.42 bits per heavy atom. The van der Waals surface area contributed by atoms with E-state index in [1.165, 1.54) is 6.42 Å². The first-order chi connectivity index (χ1) is 8.99. The molecule has 1 aliphatic carbocycles. The average Bonchev–Trinajstić information content (AvgIpc) is 2.86. The molecule has 5 nitrogen and oxygen atoms in total. The number of rotatable bonds is 3. The highest BCUT2D eigenvalue weighted by atomic mass is 16.5. The SMILES string of the molecule is CC1CCCC(N(C)C(=O)C2CCC(C(=O)O)O2)C1. The Kier molecular flexibility index (Phi) is 4.45. The van der Waals surface area contributed by atoms with Gasteiger partial charge >= 0.3 is 5.97 Å². The average molecular weight is 269 g/mol. The zero-order valence-electron chi connectivity index (χ0n) is 11.7. The second kappa shape index (κ2) is 5.90. The highest BCUT2D eigenvalue weighted by molar-refractivity contribution is 5.82. The number of likely N-dealkylation sites (N-methyl/N-ethyl adjacent to an activating group) is 1. The van der Waals surface area contributed by atoms with Crippen molar-refractivity contribution in [2.75, 3.05) is 7.05 Å². The van der Waals surface area contributed by atoms with Gasteiger partial charge in [-0.15, -0.1) is 0 Å². The van der Waals surface area contributed by atoms with Crippen LogP contribution >= 0.6 is 0 Å². The molecule has 4 atom stereocenters. The molecule has 108 valence electrons. The molecule has 0 aromatic heterocycles. The summed E-state index contributed by atoms with van der Waals surface area (Å²) in [5, 5.41) is 8.88. The van der Waals surface area contributed by atoms with Crippen LogP contribution in [0.2, 0.25) is 0 Å². The summed E-state index contributed by atoms with van der Waals surface area (Å²) >= 11 is 0. The number of aliphatic carboxylic acids is 1. The summed E-state index contributed by atoms with van der Waals surface area (Å²) in [6.07, 6.45) is 4.05. The van der Waals surface area contributed by atoms with Gasteiger partial charge in [-0.3, -0.25) is 4.79 Å². The second-order valence-electron chi connectivity index (χ2n) is 5.90. The van der Waals surface area contributed by atoms with Crippen LogP contribution < -0.4 is 0 Å². The predicted molar refractivity (Wildman–Crippen MR) is 69.7 cm³/mol. The summed E-state index contributed by atoms with van der Waals surface area (Å²) in [5.41, 5.74) is 0. The van der Waals surface area contributed by atoms with Crippen molar-refractivity contribution in [3.63, 3.8) is 0 Å². The van der Waals surface area contributed by atoms with E-state index in [0.717, 1.165) is 19.3 Å². The van der Waals surface area contributed by atoms with Crippen LogP contribution in [0, 0.1) is 5.92 Å². The topological polar surface area (TPSA) is 66.8 Å². The Labute approximate surface area is 113 Å². The molecular weight excluding hydrogens is 246 g/mol. The zero-order valence-corrected chi connectivity index (χ0v) is 11.7. The molecule has 2 fully saturated rings. The molecule has 4 unspecified atom stereocenters. The van der Waals surface area contributed by atoms with Gasteiger partial charge in [0.2, 0.25) is 0 Å². The predicted octanol–water partition coefficient (Wildman–Crippen LogP) is 1.66. The van der Waals surface area contributed by atoms with Crippen LogP contribution in [0.5, 0.6) is 0 Å². The number of carbonyl (C=O) groups is 2. The maximum Gasteiger partial charge on any atom is 0.332 e. The number of hydrogen-bond donors (Lipinski definition) is 1. The molecule has 0 bridgehead atoms. The molecule has 0 aromatic carbocycles. The van der Waals surface area contributed by atoms with Crippen molar-refractivity contribution in [1.29, 1.82) is 0 Å². The number of amides is 1. The fraction of sp³-hybridized carbons (Fsp3) is 0.857. The van der Waals surface area contributed by atoms with E-state index >= 15 is 0 Å². The third kappa shape index (κ3) is 3.26. The van der Waals surface area contributed by atoms with E-state index in [2.05, 4.69) is 6.92 Å². The lowest BCUT2D eigenvalue weighted by atomic mass is 9.86. The summed E-state index contributed by atoms with van der Waals surface area (Å²) < 4.78 is 5.33. The summed E-state index contributed by atoms with van der Waals surface area (Å²) in [7, 11) is 1.82. The van der Waals surface area contributed by atoms with E-state index in [9.17, 15) is 9.59 Å². The molecule has 0 aromatic rings. The standard InChI is InChI=1S/C14H23NO4/c1-9-4-3-5-10(8-9)15(2)13(16)11-6-7-12(19-11)14(17)18/h9-12H,3-8H2,1-2H3,(H,17,18). The number of carboxylic acid groups (broad SMARTS) is 1. The van der Waals surface area contributed by atoms with E-state index in [1.807, 2.05) is 7.05 Å². The maximum atomic E-state index is 12.3. The van der Waals surface area contributed by atoms with Crippen LogP contribution in [-0.4, -0.2) is 47.2 Å². The Morgan fingerprint density at radius 1 is 1.16 bits per heavy atom. The van der Waals surface area contributed by atoms with Crippen molar-refractivity contribution in [3.05, 3.63) is 0 Å². The summed E-state index contributed by atoms with van der Waals surface area (Å²) in [5.74, 6) is -0.364. The molecule has 5 heteroatoms. The molecule has 1 saturated heterocycles. The fourth-order valence-corrected chi connectivity index (χ4v) is 3.16. The third-order valence-electron chi connectivity index (χ3n) is 4.37. The number of carboxylic acids is 1. The summed E-state index contributed by atoms with van der Waals surface area (Å²) in [6, 6.07) is 0.281. The Balaban J connectivity index is 1.90. The van der Waals surface area contributed by atoms with Gasteiger partial charge in [0.15, 0.2) is 6.10 Å². The first-order valence-electron chi connectivity index (χ1n) is 7.14. The van der Waals surface area contributed by atoms with Crippen molar-refractivity contribution < 1.29 is 19.4 Å². The van der Waals surface area contributed by atoms with Crippen molar-refractivity contribution in [2.24, 2.45) is 5.92 Å². The molecule has 19 heavy (non-hydrogen) atoms. The third-order valence-corrected chi connectivity index (χ3v) is 4.37. The lowest BCUT2D eigenvalue weighted by Gasteiger charge is -2.35. The smallest absolute Gasteiger partial charge is 0.332 e. The van der Waals surface area contributed by atoms with E-state index in [1.54, 1.807) is 4.90 Å². The zero-order chi connectivity index (χ0) is 14.0. The number of hydrogen-bond acceptors (Lipinski definition) is 3. The molecule has 0 radical (unpaired) electrons.